The van der Waals surface area contributed by atoms with E-state index in [9.17, 15) is 28.7 Å². The zero-order valence-electron chi connectivity index (χ0n) is 10.8. The van der Waals surface area contributed by atoms with Gasteiger partial charge in [-0.2, -0.15) is 0 Å². The highest BCUT2D eigenvalue weighted by atomic mass is 31.2. The molecule has 0 aromatic heterocycles. The second-order valence-corrected chi connectivity index (χ2v) is 8.04. The molecule has 0 spiro atoms. The van der Waals surface area contributed by atoms with E-state index in [1.807, 2.05) is 0 Å². The quantitative estimate of drug-likeness (QED) is 0.631. The van der Waals surface area contributed by atoms with Crippen LogP contribution in [0, 0.1) is 0 Å². The number of hydrogen-bond acceptors (Lipinski definition) is 7. The van der Waals surface area contributed by atoms with Crippen molar-refractivity contribution < 1.29 is 33.4 Å². The van der Waals surface area contributed by atoms with Crippen molar-refractivity contribution in [1.29, 1.82) is 0 Å². The molecule has 0 radical (unpaired) electrons. The van der Waals surface area contributed by atoms with Gasteiger partial charge in [-0.05, 0) is 40.2 Å². The summed E-state index contributed by atoms with van der Waals surface area (Å²) >= 11 is 0. The molecular weight excluding hydrogens is 306 g/mol. The van der Waals surface area contributed by atoms with Crippen molar-refractivity contribution in [2.45, 2.75) is 31.3 Å². The number of unbranched alkanes of at least 4 members (excludes halogenated alkanes) is 1. The van der Waals surface area contributed by atoms with Gasteiger partial charge < -0.3 is 33.4 Å². The number of ether oxygens (including phenoxy) is 1. The average Bonchev–Trinajstić information content (AvgIpc) is 2.32. The highest BCUT2D eigenvalue weighted by Gasteiger charge is 2.40. The fourth-order valence-electron chi connectivity index (χ4n) is 1.67. The molecular formula is C11H14O7P2-4. The number of para-hydroxylation sites is 1. The molecule has 0 aliphatic heterocycles. The van der Waals surface area contributed by atoms with Gasteiger partial charge >= 0.3 is 0 Å². The standard InChI is InChI=1S/C11H18O7P2/c1-2-3-9-11(19(12,13)14,20(15,16)17)18-10-7-5-4-6-8-10/h4-8H,2-3,9H2,1H3,(H2,12,13,14)(H2,15,16,17)/p-4. The first-order chi connectivity index (χ1) is 9.14. The van der Waals surface area contributed by atoms with Crippen LogP contribution >= 0.6 is 15.2 Å². The molecule has 0 aliphatic rings. The molecule has 1 aromatic rings. The van der Waals surface area contributed by atoms with Crippen molar-refractivity contribution in [3.63, 3.8) is 0 Å². The van der Waals surface area contributed by atoms with Gasteiger partial charge in [-0.1, -0.05) is 31.5 Å². The predicted octanol–water partition coefficient (Wildman–Crippen LogP) is -0.263. The summed E-state index contributed by atoms with van der Waals surface area (Å²) in [5.41, 5.74) is 0. The van der Waals surface area contributed by atoms with Crippen molar-refractivity contribution in [3.8, 4) is 5.75 Å². The zero-order valence-corrected chi connectivity index (χ0v) is 12.5. The Bertz CT molecular complexity index is 497. The normalized spacial score (nSPS) is 13.2. The molecule has 0 heterocycles. The van der Waals surface area contributed by atoms with Gasteiger partial charge in [0.25, 0.3) is 0 Å². The number of hydrogen-bond donors (Lipinski definition) is 0. The third kappa shape index (κ3) is 3.70. The summed E-state index contributed by atoms with van der Waals surface area (Å²) < 4.78 is 27.6. The monoisotopic (exact) mass is 320 g/mol. The highest BCUT2D eigenvalue weighted by molar-refractivity contribution is 7.69. The summed E-state index contributed by atoms with van der Waals surface area (Å²) in [5.74, 6) is -0.164. The fraction of sp³-hybridized carbons (Fsp3) is 0.455. The molecule has 1 aromatic carbocycles. The Balaban J connectivity index is 3.30. The van der Waals surface area contributed by atoms with E-state index in [4.69, 9.17) is 4.74 Å². The first kappa shape index (κ1) is 17.4. The third-order valence-electron chi connectivity index (χ3n) is 2.74. The van der Waals surface area contributed by atoms with Crippen LogP contribution in [0.15, 0.2) is 30.3 Å². The summed E-state index contributed by atoms with van der Waals surface area (Å²) in [4.78, 5) is 45.5. The third-order valence-corrected chi connectivity index (χ3v) is 6.55. The predicted molar refractivity (Wildman–Crippen MR) is 64.5 cm³/mol. The van der Waals surface area contributed by atoms with Crippen molar-refractivity contribution in [3.05, 3.63) is 30.3 Å². The fourth-order valence-corrected chi connectivity index (χ4v) is 4.17. The van der Waals surface area contributed by atoms with Gasteiger partial charge in [0.2, 0.25) is 0 Å². The minimum atomic E-state index is -5.83. The van der Waals surface area contributed by atoms with Crippen LogP contribution in [0.3, 0.4) is 0 Å². The molecule has 114 valence electrons. The Morgan fingerprint density at radius 3 is 1.95 bits per heavy atom. The van der Waals surface area contributed by atoms with Crippen LogP contribution in [0.5, 0.6) is 5.75 Å². The van der Waals surface area contributed by atoms with E-state index in [2.05, 4.69) is 0 Å². The molecule has 0 fully saturated rings. The Morgan fingerprint density at radius 1 is 1.05 bits per heavy atom. The van der Waals surface area contributed by atoms with Gasteiger partial charge in [0.15, 0.2) is 5.08 Å². The van der Waals surface area contributed by atoms with Gasteiger partial charge in [0.05, 0.1) is 0 Å². The maximum absolute atomic E-state index is 11.4. The molecule has 0 bridgehead atoms. The first-order valence-corrected chi connectivity index (χ1v) is 9.01. The molecule has 0 saturated carbocycles. The molecule has 0 unspecified atom stereocenters. The first-order valence-electron chi connectivity index (χ1n) is 5.92. The molecule has 7 nitrogen and oxygen atoms in total. The minimum Gasteiger partial charge on any atom is -0.808 e. The van der Waals surface area contributed by atoms with E-state index in [1.165, 1.54) is 24.3 Å². The van der Waals surface area contributed by atoms with Crippen LogP contribution in [0.25, 0.3) is 0 Å². The topological polar surface area (TPSA) is 136 Å². The molecule has 1 rings (SSSR count). The minimum absolute atomic E-state index is 0.0514. The maximum Gasteiger partial charge on any atom is 0.160 e. The van der Waals surface area contributed by atoms with Gasteiger partial charge in [-0.3, -0.25) is 0 Å². The van der Waals surface area contributed by atoms with Gasteiger partial charge in [0.1, 0.15) is 5.75 Å². The van der Waals surface area contributed by atoms with E-state index in [1.54, 1.807) is 13.0 Å². The van der Waals surface area contributed by atoms with Crippen molar-refractivity contribution in [2.24, 2.45) is 0 Å². The van der Waals surface area contributed by atoms with E-state index >= 15 is 0 Å². The second-order valence-electron chi connectivity index (χ2n) is 4.26. The molecule has 9 heteroatoms. The van der Waals surface area contributed by atoms with Crippen LogP contribution < -0.4 is 24.3 Å². The Kier molecular flexibility index (Phi) is 5.55. The lowest BCUT2D eigenvalue weighted by Crippen LogP contribution is -2.49. The molecule has 0 N–H and O–H groups in total. The second kappa shape index (κ2) is 6.39. The Labute approximate surface area is 116 Å². The lowest BCUT2D eigenvalue weighted by Gasteiger charge is -2.58. The highest BCUT2D eigenvalue weighted by Crippen LogP contribution is 2.63. The lowest BCUT2D eigenvalue weighted by atomic mass is 10.2. The lowest BCUT2D eigenvalue weighted by molar-refractivity contribution is -0.346. The Hall–Kier alpha value is -0.680. The van der Waals surface area contributed by atoms with Crippen molar-refractivity contribution in [2.75, 3.05) is 0 Å². The van der Waals surface area contributed by atoms with Gasteiger partial charge in [-0.15, -0.1) is 0 Å². The molecule has 20 heavy (non-hydrogen) atoms. The van der Waals surface area contributed by atoms with E-state index in [-0.39, 0.29) is 12.2 Å². The van der Waals surface area contributed by atoms with Crippen LogP contribution in [0.4, 0.5) is 0 Å². The largest absolute Gasteiger partial charge is 0.808 e. The molecule has 0 aliphatic carbocycles. The molecule has 0 atom stereocenters. The SMILES string of the molecule is CCCCC(Oc1ccccc1)(P(=O)([O-])[O-])P(=O)([O-])[O-]. The Morgan fingerprint density at radius 2 is 1.55 bits per heavy atom. The zero-order chi connectivity index (χ0) is 15.4. The smallest absolute Gasteiger partial charge is 0.160 e. The van der Waals surface area contributed by atoms with Gasteiger partial charge in [0, 0.05) is 0 Å². The average molecular weight is 320 g/mol. The molecule has 0 amide bonds. The summed E-state index contributed by atoms with van der Waals surface area (Å²) in [5, 5.41) is -3.28. The van der Waals surface area contributed by atoms with Crippen LogP contribution in [0.2, 0.25) is 0 Å². The summed E-state index contributed by atoms with van der Waals surface area (Å²) in [6.45, 7) is 1.66. The van der Waals surface area contributed by atoms with Crippen molar-refractivity contribution >= 4 is 15.2 Å². The molecule has 0 saturated heterocycles. The van der Waals surface area contributed by atoms with Crippen molar-refractivity contribution in [1.82, 2.24) is 0 Å². The van der Waals surface area contributed by atoms with E-state index in [0.29, 0.717) is 6.42 Å². The summed E-state index contributed by atoms with van der Waals surface area (Å²) in [6.07, 6.45) is -0.234. The number of rotatable bonds is 7. The van der Waals surface area contributed by atoms with Crippen LogP contribution in [0.1, 0.15) is 26.2 Å². The van der Waals surface area contributed by atoms with E-state index in [0.717, 1.165) is 0 Å². The maximum atomic E-state index is 11.4. The number of benzene rings is 1. The van der Waals surface area contributed by atoms with E-state index < -0.39 is 26.7 Å². The van der Waals surface area contributed by atoms with Gasteiger partial charge in [-0.25, -0.2) is 0 Å². The summed E-state index contributed by atoms with van der Waals surface area (Å²) in [6, 6.07) is 7.04. The van der Waals surface area contributed by atoms with Crippen LogP contribution in [-0.4, -0.2) is 5.08 Å². The van der Waals surface area contributed by atoms with Crippen LogP contribution in [-0.2, 0) is 9.13 Å². The summed E-state index contributed by atoms with van der Waals surface area (Å²) in [7, 11) is -11.7.